The molecule has 2 N–H and O–H groups in total. The number of hydrogen-bond donors (Lipinski definition) is 2. The van der Waals surface area contributed by atoms with Gasteiger partial charge < -0.3 is 14.0 Å². The third-order valence-corrected chi connectivity index (χ3v) is 5.16. The predicted octanol–water partition coefficient (Wildman–Crippen LogP) is 0.543. The van der Waals surface area contributed by atoms with Crippen molar-refractivity contribution in [1.29, 1.82) is 0 Å². The topological polar surface area (TPSA) is 128 Å². The van der Waals surface area contributed by atoms with Crippen molar-refractivity contribution in [3.63, 3.8) is 0 Å². The molecule has 146 valence electrons. The van der Waals surface area contributed by atoms with Gasteiger partial charge in [0.15, 0.2) is 0 Å². The minimum atomic E-state index is -2.83. The predicted molar refractivity (Wildman–Crippen MR) is 94.7 cm³/mol. The summed E-state index contributed by atoms with van der Waals surface area (Å²) >= 11 is -2.83. The fourth-order valence-corrected chi connectivity index (χ4v) is 3.08. The maximum absolute atomic E-state index is 12.1. The van der Waals surface area contributed by atoms with Gasteiger partial charge >= 0.3 is 6.09 Å². The number of benzene rings is 1. The number of amides is 2. The molecule has 27 heavy (non-hydrogen) atoms. The molecule has 3 atom stereocenters. The van der Waals surface area contributed by atoms with Crippen molar-refractivity contribution >= 4 is 28.8 Å². The fraction of sp³-hybridized carbons (Fsp3) is 0.412. The average Bonchev–Trinajstić information content (AvgIpc) is 3.01. The van der Waals surface area contributed by atoms with Gasteiger partial charge in [-0.15, -0.1) is 0 Å². The molecule has 2 amide bonds. The van der Waals surface area contributed by atoms with E-state index in [0.29, 0.717) is 12.3 Å². The lowest BCUT2D eigenvalue weighted by Gasteiger charge is -2.30. The number of hydroxylamine groups is 1. The van der Waals surface area contributed by atoms with E-state index in [4.69, 9.17) is 14.7 Å². The van der Waals surface area contributed by atoms with Crippen molar-refractivity contribution < 1.29 is 33.0 Å². The molecule has 0 bridgehead atoms. The van der Waals surface area contributed by atoms with Crippen molar-refractivity contribution in [3.05, 3.63) is 29.8 Å². The van der Waals surface area contributed by atoms with E-state index >= 15 is 0 Å². The molecule has 0 aliphatic carbocycles. The summed E-state index contributed by atoms with van der Waals surface area (Å²) in [6.07, 6.45) is -1.78. The second kappa shape index (κ2) is 8.96. The number of rotatable bonds is 6. The van der Waals surface area contributed by atoms with E-state index in [2.05, 4.69) is 11.8 Å². The van der Waals surface area contributed by atoms with Gasteiger partial charge in [0.2, 0.25) is 0 Å². The minimum Gasteiger partial charge on any atom is -0.772 e. The molecule has 9 nitrogen and oxygen atoms in total. The molecule has 1 heterocycles. The van der Waals surface area contributed by atoms with Crippen LogP contribution in [0, 0.1) is 11.8 Å². The maximum atomic E-state index is 12.1. The van der Waals surface area contributed by atoms with Crippen LogP contribution in [0.2, 0.25) is 0 Å². The lowest BCUT2D eigenvalue weighted by atomic mass is 10.0. The van der Waals surface area contributed by atoms with Crippen LogP contribution in [0.25, 0.3) is 0 Å². The molecular formula is C17H19N2O7S-. The Labute approximate surface area is 158 Å². The van der Waals surface area contributed by atoms with Crippen molar-refractivity contribution in [2.45, 2.75) is 24.2 Å². The molecule has 1 aromatic carbocycles. The zero-order valence-electron chi connectivity index (χ0n) is 14.8. The fourth-order valence-electron chi connectivity index (χ4n) is 2.56. The van der Waals surface area contributed by atoms with Gasteiger partial charge in [0.1, 0.15) is 17.5 Å². The highest BCUT2D eigenvalue weighted by molar-refractivity contribution is 7.81. The molecule has 1 aliphatic rings. The summed E-state index contributed by atoms with van der Waals surface area (Å²) in [5.41, 5.74) is 2.63. The maximum Gasteiger partial charge on any atom is 0.414 e. The second-order valence-electron chi connectivity index (χ2n) is 6.01. The van der Waals surface area contributed by atoms with Gasteiger partial charge in [-0.1, -0.05) is 11.8 Å². The van der Waals surface area contributed by atoms with Crippen LogP contribution in [0.5, 0.6) is 0 Å². The molecule has 0 saturated carbocycles. The van der Waals surface area contributed by atoms with Crippen LogP contribution in [0.1, 0.15) is 18.9 Å². The van der Waals surface area contributed by atoms with E-state index in [-0.39, 0.29) is 13.0 Å². The van der Waals surface area contributed by atoms with E-state index in [9.17, 15) is 18.4 Å². The molecule has 0 radical (unpaired) electrons. The van der Waals surface area contributed by atoms with Crippen LogP contribution in [0.3, 0.4) is 0 Å². The third-order valence-electron chi connectivity index (χ3n) is 4.07. The number of carbonyl (C=O) groups excluding carboxylic acids is 2. The summed E-state index contributed by atoms with van der Waals surface area (Å²) in [6, 6.07) is 6.83. The van der Waals surface area contributed by atoms with Gasteiger partial charge in [-0.3, -0.25) is 19.1 Å². The Morgan fingerprint density at radius 1 is 1.52 bits per heavy atom. The van der Waals surface area contributed by atoms with E-state index in [1.54, 1.807) is 31.4 Å². The van der Waals surface area contributed by atoms with Gasteiger partial charge in [-0.05, 0) is 42.3 Å². The van der Waals surface area contributed by atoms with Gasteiger partial charge in [0.25, 0.3) is 5.91 Å². The zero-order chi connectivity index (χ0) is 20.0. The number of cyclic esters (lactones) is 1. The Hall–Kier alpha value is -2.45. The first-order chi connectivity index (χ1) is 12.8. The number of nitrogens with one attached hydrogen (secondary N) is 1. The summed E-state index contributed by atoms with van der Waals surface area (Å²) in [6.45, 7) is 1.52. The van der Waals surface area contributed by atoms with Crippen molar-refractivity contribution in [1.82, 2.24) is 5.48 Å². The highest BCUT2D eigenvalue weighted by Crippen LogP contribution is 2.28. The normalized spacial score (nSPS) is 19.5. The first kappa shape index (κ1) is 20.9. The monoisotopic (exact) mass is 395 g/mol. The van der Waals surface area contributed by atoms with E-state index in [1.165, 1.54) is 10.4 Å². The first-order valence-corrected chi connectivity index (χ1v) is 8.99. The lowest BCUT2D eigenvalue weighted by molar-refractivity contribution is -0.132. The van der Waals surface area contributed by atoms with E-state index in [0.717, 1.165) is 12.5 Å². The minimum absolute atomic E-state index is 0.0685. The van der Waals surface area contributed by atoms with E-state index < -0.39 is 33.9 Å². The second-order valence-corrected chi connectivity index (χ2v) is 7.38. The molecule has 0 aromatic heterocycles. The Balaban J connectivity index is 2.10. The van der Waals surface area contributed by atoms with Crippen LogP contribution < -0.4 is 10.4 Å². The molecule has 1 unspecified atom stereocenters. The molecule has 10 heteroatoms. The first-order valence-electron chi connectivity index (χ1n) is 7.91. The molecule has 1 aromatic rings. The molecule has 2 rings (SSSR count). The average molecular weight is 395 g/mol. The quantitative estimate of drug-likeness (QED) is 0.311. The molecule has 1 fully saturated rings. The zero-order valence-corrected chi connectivity index (χ0v) is 15.6. The lowest BCUT2D eigenvalue weighted by Crippen LogP contribution is -2.49. The molecular weight excluding hydrogens is 376 g/mol. The number of hydrogen-bond acceptors (Lipinski definition) is 7. The molecule has 1 aliphatic heterocycles. The third kappa shape index (κ3) is 4.84. The number of nitrogens with zero attached hydrogens (tertiary/aromatic N) is 1. The molecule has 1 saturated heterocycles. The Kier molecular flexibility index (Phi) is 6.92. The summed E-state index contributed by atoms with van der Waals surface area (Å²) in [7, 11) is 1.55. The van der Waals surface area contributed by atoms with Crippen LogP contribution in [0.4, 0.5) is 10.5 Å². The van der Waals surface area contributed by atoms with E-state index in [1.807, 2.05) is 0 Å². The summed E-state index contributed by atoms with van der Waals surface area (Å²) in [5.74, 6) is 4.62. The Morgan fingerprint density at radius 2 is 2.19 bits per heavy atom. The number of ether oxygens (including phenoxy) is 2. The smallest absolute Gasteiger partial charge is 0.414 e. The van der Waals surface area contributed by atoms with Gasteiger partial charge in [-0.2, -0.15) is 0 Å². The largest absolute Gasteiger partial charge is 0.772 e. The highest BCUT2D eigenvalue weighted by Gasteiger charge is 2.42. The summed E-state index contributed by atoms with van der Waals surface area (Å²) < 4.78 is 31.0. The molecule has 0 spiro atoms. The highest BCUT2D eigenvalue weighted by atomic mass is 32.2. The standard InChI is InChI=1S/C17H20N2O7S/c1-17(27(23)24,15(20)18-22)10-14-11-19(16(21)26-14)13-7-5-12(6-8-13)4-3-9-25-2/h5-8,14,22H,9-11H2,1-2H3,(H,18,20)(H,23,24)/p-1/t14-,17+/m0/s1. The Bertz CT molecular complexity index is 787. The van der Waals surface area contributed by atoms with Crippen LogP contribution in [-0.4, -0.2) is 57.1 Å². The van der Waals surface area contributed by atoms with Crippen LogP contribution in [-0.2, 0) is 25.3 Å². The SMILES string of the molecule is COCC#Cc1ccc(N2C[C@H](C[C@](C)(C(=O)NO)S(=O)[O-])OC2=O)cc1. The van der Waals surface area contributed by atoms with Crippen LogP contribution >= 0.6 is 0 Å². The Morgan fingerprint density at radius 3 is 2.74 bits per heavy atom. The summed E-state index contributed by atoms with van der Waals surface area (Å²) in [4.78, 5) is 25.2. The summed E-state index contributed by atoms with van der Waals surface area (Å²) in [5, 5.41) is 8.77. The number of methoxy groups -OCH3 is 1. The van der Waals surface area contributed by atoms with Gasteiger partial charge in [-0.25, -0.2) is 10.3 Å². The number of anilines is 1. The number of carbonyl (C=O) groups is 2. The van der Waals surface area contributed by atoms with Crippen molar-refractivity contribution in [2.24, 2.45) is 0 Å². The van der Waals surface area contributed by atoms with Crippen molar-refractivity contribution in [2.75, 3.05) is 25.2 Å². The van der Waals surface area contributed by atoms with Crippen LogP contribution in [0.15, 0.2) is 24.3 Å². The van der Waals surface area contributed by atoms with Gasteiger partial charge in [0.05, 0.1) is 6.54 Å². The van der Waals surface area contributed by atoms with Crippen molar-refractivity contribution in [3.8, 4) is 11.8 Å². The van der Waals surface area contributed by atoms with Gasteiger partial charge in [0, 0.05) is 24.8 Å².